The van der Waals surface area contributed by atoms with Crippen molar-refractivity contribution in [3.05, 3.63) is 0 Å². The van der Waals surface area contributed by atoms with Crippen molar-refractivity contribution >= 4 is 12.0 Å². The Kier molecular flexibility index (Phi) is 4.82. The average Bonchev–Trinajstić information content (AvgIpc) is 2.23. The van der Waals surface area contributed by atoms with E-state index >= 15 is 0 Å². The highest BCUT2D eigenvalue weighted by atomic mass is 16.4. The van der Waals surface area contributed by atoms with Gasteiger partial charge in [-0.2, -0.15) is 0 Å². The molecule has 0 bridgehead atoms. The second-order valence-corrected chi connectivity index (χ2v) is 6.76. The Labute approximate surface area is 115 Å². The first-order valence-corrected chi connectivity index (χ1v) is 6.93. The molecule has 2 unspecified atom stereocenters. The van der Waals surface area contributed by atoms with Crippen LogP contribution < -0.4 is 5.32 Å². The standard InChI is InChI=1S/C14H26N2O3/c1-9-6-7-16(10(2)8-9)13(19)15-11(12(17)18)14(3,4)5/h9-11H,6-8H2,1-5H3,(H,15,19)(H,17,18)/t9?,10?,11-/m0/s1. The second kappa shape index (κ2) is 5.80. The number of hydrogen-bond acceptors (Lipinski definition) is 2. The van der Waals surface area contributed by atoms with Gasteiger partial charge in [-0.15, -0.1) is 0 Å². The van der Waals surface area contributed by atoms with Gasteiger partial charge in [0.05, 0.1) is 0 Å². The van der Waals surface area contributed by atoms with Crippen molar-refractivity contribution < 1.29 is 14.7 Å². The molecule has 0 aliphatic carbocycles. The summed E-state index contributed by atoms with van der Waals surface area (Å²) in [6.07, 6.45) is 1.95. The normalized spacial score (nSPS) is 25.8. The highest BCUT2D eigenvalue weighted by molar-refractivity contribution is 5.83. The van der Waals surface area contributed by atoms with Gasteiger partial charge in [-0.25, -0.2) is 9.59 Å². The molecule has 5 heteroatoms. The summed E-state index contributed by atoms with van der Waals surface area (Å²) < 4.78 is 0. The molecule has 2 amide bonds. The van der Waals surface area contributed by atoms with Crippen LogP contribution in [-0.2, 0) is 4.79 Å². The average molecular weight is 270 g/mol. The summed E-state index contributed by atoms with van der Waals surface area (Å²) in [4.78, 5) is 25.2. The summed E-state index contributed by atoms with van der Waals surface area (Å²) in [5.41, 5.74) is -0.506. The monoisotopic (exact) mass is 270 g/mol. The molecule has 0 aromatic carbocycles. The molecule has 1 rings (SSSR count). The lowest BCUT2D eigenvalue weighted by Crippen LogP contribution is -2.56. The minimum atomic E-state index is -0.987. The van der Waals surface area contributed by atoms with Crippen molar-refractivity contribution in [3.63, 3.8) is 0 Å². The van der Waals surface area contributed by atoms with E-state index in [0.717, 1.165) is 12.8 Å². The number of carboxylic acid groups (broad SMARTS) is 1. The fourth-order valence-corrected chi connectivity index (χ4v) is 2.56. The highest BCUT2D eigenvalue weighted by Crippen LogP contribution is 2.24. The zero-order chi connectivity index (χ0) is 14.8. The fraction of sp³-hybridized carbons (Fsp3) is 0.857. The van der Waals surface area contributed by atoms with Gasteiger partial charge in [-0.05, 0) is 31.1 Å². The second-order valence-electron chi connectivity index (χ2n) is 6.76. The minimum Gasteiger partial charge on any atom is -0.480 e. The van der Waals surface area contributed by atoms with Crippen molar-refractivity contribution in [2.75, 3.05) is 6.54 Å². The van der Waals surface area contributed by atoms with Gasteiger partial charge in [0.25, 0.3) is 0 Å². The van der Waals surface area contributed by atoms with Gasteiger partial charge < -0.3 is 15.3 Å². The summed E-state index contributed by atoms with van der Waals surface area (Å²) in [6, 6.07) is -0.966. The Morgan fingerprint density at radius 2 is 1.89 bits per heavy atom. The molecular weight excluding hydrogens is 244 g/mol. The van der Waals surface area contributed by atoms with Gasteiger partial charge in [0.1, 0.15) is 6.04 Å². The molecule has 1 heterocycles. The zero-order valence-corrected chi connectivity index (χ0v) is 12.6. The first-order chi connectivity index (χ1) is 8.62. The predicted octanol–water partition coefficient (Wildman–Crippen LogP) is 2.32. The molecule has 5 nitrogen and oxygen atoms in total. The van der Waals surface area contributed by atoms with Crippen molar-refractivity contribution in [1.82, 2.24) is 10.2 Å². The van der Waals surface area contributed by atoms with E-state index in [9.17, 15) is 14.7 Å². The van der Waals surface area contributed by atoms with Gasteiger partial charge >= 0.3 is 12.0 Å². The summed E-state index contributed by atoms with van der Waals surface area (Å²) in [5, 5.41) is 11.9. The molecule has 110 valence electrons. The van der Waals surface area contributed by atoms with E-state index in [1.807, 2.05) is 27.7 Å². The fourth-order valence-electron chi connectivity index (χ4n) is 2.56. The molecule has 1 fully saturated rings. The quantitative estimate of drug-likeness (QED) is 0.809. The van der Waals surface area contributed by atoms with Crippen LogP contribution in [0.5, 0.6) is 0 Å². The first kappa shape index (κ1) is 15.8. The molecule has 1 aliphatic heterocycles. The van der Waals surface area contributed by atoms with Crippen molar-refractivity contribution in [3.8, 4) is 0 Å². The largest absolute Gasteiger partial charge is 0.480 e. The number of carboxylic acids is 1. The third kappa shape index (κ3) is 4.11. The SMILES string of the molecule is CC1CCN(C(=O)N[C@@H](C(=O)O)C(C)(C)C)C(C)C1. The molecule has 0 aromatic heterocycles. The van der Waals surface area contributed by atoms with Crippen LogP contribution in [0.2, 0.25) is 0 Å². The molecule has 19 heavy (non-hydrogen) atoms. The summed E-state index contributed by atoms with van der Waals surface area (Å²) in [6.45, 7) is 10.3. The topological polar surface area (TPSA) is 69.6 Å². The first-order valence-electron chi connectivity index (χ1n) is 6.93. The Hall–Kier alpha value is -1.26. The molecule has 0 saturated carbocycles. The number of carbonyl (C=O) groups is 2. The van der Waals surface area contributed by atoms with E-state index < -0.39 is 17.4 Å². The maximum Gasteiger partial charge on any atom is 0.326 e. The third-order valence-corrected chi connectivity index (χ3v) is 3.78. The van der Waals surface area contributed by atoms with E-state index in [-0.39, 0.29) is 12.1 Å². The molecule has 3 atom stereocenters. The van der Waals surface area contributed by atoms with Crippen LogP contribution in [0.4, 0.5) is 4.79 Å². The van der Waals surface area contributed by atoms with E-state index in [1.54, 1.807) is 4.90 Å². The Morgan fingerprint density at radius 1 is 1.32 bits per heavy atom. The van der Waals surface area contributed by atoms with Crippen LogP contribution in [-0.4, -0.2) is 40.6 Å². The number of piperidine rings is 1. The summed E-state index contributed by atoms with van der Waals surface area (Å²) in [5.74, 6) is -0.365. The van der Waals surface area contributed by atoms with Crippen molar-refractivity contribution in [2.24, 2.45) is 11.3 Å². The smallest absolute Gasteiger partial charge is 0.326 e. The van der Waals surface area contributed by atoms with Gasteiger partial charge in [0.2, 0.25) is 0 Å². The molecule has 0 aromatic rings. The lowest BCUT2D eigenvalue weighted by Gasteiger charge is -2.38. The minimum absolute atomic E-state index is 0.165. The number of rotatable bonds is 2. The zero-order valence-electron chi connectivity index (χ0n) is 12.6. The van der Waals surface area contributed by atoms with Gasteiger partial charge in [-0.1, -0.05) is 27.7 Å². The molecule has 1 aliphatic rings. The van der Waals surface area contributed by atoms with Crippen LogP contribution in [0, 0.1) is 11.3 Å². The number of carbonyl (C=O) groups excluding carboxylic acids is 1. The Balaban J connectivity index is 2.70. The van der Waals surface area contributed by atoms with Crippen LogP contribution in [0.3, 0.4) is 0 Å². The van der Waals surface area contributed by atoms with Crippen LogP contribution >= 0.6 is 0 Å². The van der Waals surface area contributed by atoms with Crippen LogP contribution in [0.15, 0.2) is 0 Å². The van der Waals surface area contributed by atoms with Gasteiger partial charge in [0, 0.05) is 12.6 Å². The summed E-state index contributed by atoms with van der Waals surface area (Å²) in [7, 11) is 0. The predicted molar refractivity (Wildman–Crippen MR) is 74.0 cm³/mol. The molecular formula is C14H26N2O3. The lowest BCUT2D eigenvalue weighted by molar-refractivity contribution is -0.142. The summed E-state index contributed by atoms with van der Waals surface area (Å²) >= 11 is 0. The number of amides is 2. The number of urea groups is 1. The number of aliphatic carboxylic acids is 1. The molecule has 2 N–H and O–H groups in total. The highest BCUT2D eigenvalue weighted by Gasteiger charge is 2.35. The van der Waals surface area contributed by atoms with Crippen molar-refractivity contribution in [2.45, 2.75) is 59.5 Å². The van der Waals surface area contributed by atoms with E-state index in [4.69, 9.17) is 0 Å². The van der Waals surface area contributed by atoms with E-state index in [1.165, 1.54) is 0 Å². The van der Waals surface area contributed by atoms with Crippen LogP contribution in [0.1, 0.15) is 47.5 Å². The van der Waals surface area contributed by atoms with E-state index in [0.29, 0.717) is 12.5 Å². The maximum atomic E-state index is 12.2. The van der Waals surface area contributed by atoms with Crippen molar-refractivity contribution in [1.29, 1.82) is 0 Å². The molecule has 0 spiro atoms. The van der Waals surface area contributed by atoms with Crippen LogP contribution in [0.25, 0.3) is 0 Å². The van der Waals surface area contributed by atoms with Gasteiger partial charge in [0.15, 0.2) is 0 Å². The number of nitrogens with zero attached hydrogens (tertiary/aromatic N) is 1. The maximum absolute atomic E-state index is 12.2. The number of nitrogens with one attached hydrogen (secondary N) is 1. The molecule has 0 radical (unpaired) electrons. The molecule has 1 saturated heterocycles. The third-order valence-electron chi connectivity index (χ3n) is 3.78. The number of likely N-dealkylation sites (tertiary alicyclic amines) is 1. The van der Waals surface area contributed by atoms with Gasteiger partial charge in [-0.3, -0.25) is 0 Å². The van der Waals surface area contributed by atoms with E-state index in [2.05, 4.69) is 12.2 Å². The number of hydrogen-bond donors (Lipinski definition) is 2. The Bertz CT molecular complexity index is 349. The Morgan fingerprint density at radius 3 is 2.32 bits per heavy atom. The lowest BCUT2D eigenvalue weighted by atomic mass is 9.87.